The lowest BCUT2D eigenvalue weighted by Crippen LogP contribution is -2.39. The topological polar surface area (TPSA) is 103 Å². The number of rotatable bonds is 4. The monoisotopic (exact) mass is 330 g/mol. The maximum absolute atomic E-state index is 12.5. The molecule has 0 fully saturated rings. The zero-order valence-electron chi connectivity index (χ0n) is 12.8. The van der Waals surface area contributed by atoms with E-state index in [9.17, 15) is 19.7 Å². The molecule has 0 N–H and O–H groups in total. The Morgan fingerprint density at radius 1 is 1.29 bits per heavy atom. The van der Waals surface area contributed by atoms with Crippen molar-refractivity contribution < 1.29 is 23.7 Å². The number of nitro groups is 1. The molecule has 0 spiro atoms. The van der Waals surface area contributed by atoms with Crippen LogP contribution in [0.3, 0.4) is 0 Å². The van der Waals surface area contributed by atoms with E-state index in [1.165, 1.54) is 6.92 Å². The molecule has 1 atom stereocenters. The minimum atomic E-state index is -1.03. The number of furan rings is 1. The Kier molecular flexibility index (Phi) is 4.03. The van der Waals surface area contributed by atoms with Gasteiger partial charge in [0.1, 0.15) is 4.92 Å². The normalized spacial score (nSPS) is 14.1. The highest BCUT2D eigenvalue weighted by molar-refractivity contribution is 6.00. The van der Waals surface area contributed by atoms with Gasteiger partial charge in [-0.3, -0.25) is 14.9 Å². The predicted molar refractivity (Wildman–Crippen MR) is 82.7 cm³/mol. The number of anilines is 1. The molecule has 0 bridgehead atoms. The van der Waals surface area contributed by atoms with Crippen LogP contribution in [0.4, 0.5) is 11.6 Å². The van der Waals surface area contributed by atoms with Crippen LogP contribution in [-0.2, 0) is 16.0 Å². The molecule has 1 aromatic heterocycles. The van der Waals surface area contributed by atoms with Gasteiger partial charge in [0.15, 0.2) is 6.10 Å². The van der Waals surface area contributed by atoms with E-state index >= 15 is 0 Å². The van der Waals surface area contributed by atoms with E-state index in [1.54, 1.807) is 4.90 Å². The Labute approximate surface area is 136 Å². The van der Waals surface area contributed by atoms with E-state index in [1.807, 2.05) is 24.3 Å². The molecule has 2 heterocycles. The maximum atomic E-state index is 12.5. The third-order valence-corrected chi connectivity index (χ3v) is 3.76. The van der Waals surface area contributed by atoms with Crippen molar-refractivity contribution >= 4 is 23.4 Å². The Morgan fingerprint density at radius 3 is 2.75 bits per heavy atom. The van der Waals surface area contributed by atoms with Crippen LogP contribution in [-0.4, -0.2) is 29.4 Å². The first-order valence-corrected chi connectivity index (χ1v) is 7.32. The second-order valence-electron chi connectivity index (χ2n) is 5.31. The molecule has 124 valence electrons. The van der Waals surface area contributed by atoms with Gasteiger partial charge in [0, 0.05) is 12.2 Å². The first kappa shape index (κ1) is 15.7. The van der Waals surface area contributed by atoms with Gasteiger partial charge >= 0.3 is 11.9 Å². The van der Waals surface area contributed by atoms with Crippen molar-refractivity contribution in [3.8, 4) is 0 Å². The molecular weight excluding hydrogens is 316 g/mol. The maximum Gasteiger partial charge on any atom is 0.433 e. The van der Waals surface area contributed by atoms with Gasteiger partial charge in [0.05, 0.1) is 6.07 Å². The van der Waals surface area contributed by atoms with Gasteiger partial charge in [-0.1, -0.05) is 18.2 Å². The molecule has 3 rings (SSSR count). The summed E-state index contributed by atoms with van der Waals surface area (Å²) in [6.45, 7) is 1.98. The van der Waals surface area contributed by atoms with Crippen LogP contribution < -0.4 is 4.90 Å². The van der Waals surface area contributed by atoms with Crippen LogP contribution in [0.5, 0.6) is 0 Å². The van der Waals surface area contributed by atoms with E-state index in [-0.39, 0.29) is 11.7 Å². The summed E-state index contributed by atoms with van der Waals surface area (Å²) in [5, 5.41) is 10.6. The summed E-state index contributed by atoms with van der Waals surface area (Å²) < 4.78 is 9.84. The lowest BCUT2D eigenvalue weighted by molar-refractivity contribution is -0.402. The quantitative estimate of drug-likeness (QED) is 0.484. The number of ether oxygens (including phenoxy) is 1. The minimum Gasteiger partial charge on any atom is -0.447 e. The smallest absolute Gasteiger partial charge is 0.433 e. The van der Waals surface area contributed by atoms with Gasteiger partial charge < -0.3 is 14.1 Å². The molecule has 1 aliphatic rings. The third kappa shape index (κ3) is 2.85. The molecule has 1 aromatic carbocycles. The van der Waals surface area contributed by atoms with Crippen molar-refractivity contribution in [2.24, 2.45) is 0 Å². The minimum absolute atomic E-state index is 0.317. The Balaban J connectivity index is 1.68. The first-order valence-electron chi connectivity index (χ1n) is 7.32. The standard InChI is InChI=1S/C16H14N2O6/c1-10(23-16(20)13-6-7-14(24-13)18(21)22)15(19)17-9-8-11-4-2-3-5-12(11)17/h2-7,10H,8-9H2,1H3/t10-/m1/s1. The molecule has 24 heavy (non-hydrogen) atoms. The molecule has 0 aliphatic carbocycles. The van der Waals surface area contributed by atoms with Gasteiger partial charge in [-0.15, -0.1) is 0 Å². The average Bonchev–Trinajstić information content (AvgIpc) is 3.21. The molecule has 0 radical (unpaired) electrons. The largest absolute Gasteiger partial charge is 0.447 e. The lowest BCUT2D eigenvalue weighted by atomic mass is 10.2. The summed E-state index contributed by atoms with van der Waals surface area (Å²) in [7, 11) is 0. The molecule has 8 heteroatoms. The summed E-state index contributed by atoms with van der Waals surface area (Å²) in [6, 6.07) is 9.72. The Hall–Kier alpha value is -3.16. The van der Waals surface area contributed by atoms with Crippen LogP contribution in [0.25, 0.3) is 0 Å². The molecule has 1 amide bonds. The van der Waals surface area contributed by atoms with Crippen LogP contribution >= 0.6 is 0 Å². The highest BCUT2D eigenvalue weighted by Gasteiger charge is 2.30. The van der Waals surface area contributed by atoms with E-state index in [0.29, 0.717) is 6.54 Å². The number of esters is 1. The number of carbonyl (C=O) groups is 2. The van der Waals surface area contributed by atoms with E-state index in [4.69, 9.17) is 9.15 Å². The number of amides is 1. The summed E-state index contributed by atoms with van der Waals surface area (Å²) >= 11 is 0. The van der Waals surface area contributed by atoms with Gasteiger partial charge in [-0.05, 0) is 31.0 Å². The highest BCUT2D eigenvalue weighted by Crippen LogP contribution is 2.28. The fourth-order valence-electron chi connectivity index (χ4n) is 2.59. The van der Waals surface area contributed by atoms with Gasteiger partial charge in [0.25, 0.3) is 5.91 Å². The number of para-hydroxylation sites is 1. The molecule has 0 unspecified atom stereocenters. The SMILES string of the molecule is C[C@@H](OC(=O)c1ccc([N+](=O)[O-])o1)C(=O)N1CCc2ccccc21. The van der Waals surface area contributed by atoms with E-state index < -0.39 is 22.9 Å². The number of benzene rings is 1. The van der Waals surface area contributed by atoms with Crippen molar-refractivity contribution in [2.45, 2.75) is 19.4 Å². The zero-order valence-corrected chi connectivity index (χ0v) is 12.8. The van der Waals surface area contributed by atoms with E-state index in [2.05, 4.69) is 0 Å². The van der Waals surface area contributed by atoms with Crippen LogP contribution in [0, 0.1) is 10.1 Å². The number of hydrogen-bond donors (Lipinski definition) is 0. The van der Waals surface area contributed by atoms with Gasteiger partial charge in [-0.2, -0.15) is 0 Å². The van der Waals surface area contributed by atoms with Crippen LogP contribution in [0.2, 0.25) is 0 Å². The van der Waals surface area contributed by atoms with Crippen molar-refractivity contribution in [1.82, 2.24) is 0 Å². The number of fused-ring (bicyclic) bond motifs is 1. The molecule has 0 saturated heterocycles. The number of nitrogens with zero attached hydrogens (tertiary/aromatic N) is 2. The molecular formula is C16H14N2O6. The summed E-state index contributed by atoms with van der Waals surface area (Å²) in [4.78, 5) is 35.8. The van der Waals surface area contributed by atoms with Gasteiger partial charge in [0.2, 0.25) is 5.76 Å². The molecule has 0 saturated carbocycles. The Bertz CT molecular complexity index is 812. The van der Waals surface area contributed by atoms with Gasteiger partial charge in [-0.25, -0.2) is 4.79 Å². The second-order valence-corrected chi connectivity index (χ2v) is 5.31. The lowest BCUT2D eigenvalue weighted by Gasteiger charge is -2.21. The molecule has 8 nitrogen and oxygen atoms in total. The van der Waals surface area contributed by atoms with Crippen LogP contribution in [0.1, 0.15) is 23.0 Å². The first-order chi connectivity index (χ1) is 11.5. The Morgan fingerprint density at radius 2 is 2.04 bits per heavy atom. The molecule has 2 aromatic rings. The summed E-state index contributed by atoms with van der Waals surface area (Å²) in [6.07, 6.45) is -0.291. The van der Waals surface area contributed by atoms with Crippen molar-refractivity contribution in [1.29, 1.82) is 0 Å². The number of carbonyl (C=O) groups excluding carboxylic acids is 2. The number of hydrogen-bond acceptors (Lipinski definition) is 6. The fraction of sp³-hybridized carbons (Fsp3) is 0.250. The second kappa shape index (κ2) is 6.15. The van der Waals surface area contributed by atoms with E-state index in [0.717, 1.165) is 29.8 Å². The van der Waals surface area contributed by atoms with Crippen molar-refractivity contribution in [3.63, 3.8) is 0 Å². The zero-order chi connectivity index (χ0) is 17.3. The fourth-order valence-corrected chi connectivity index (χ4v) is 2.59. The highest BCUT2D eigenvalue weighted by atomic mass is 16.7. The van der Waals surface area contributed by atoms with Crippen LogP contribution in [0.15, 0.2) is 40.8 Å². The van der Waals surface area contributed by atoms with Crippen molar-refractivity contribution in [2.75, 3.05) is 11.4 Å². The van der Waals surface area contributed by atoms with Crippen molar-refractivity contribution in [3.05, 3.63) is 57.8 Å². The third-order valence-electron chi connectivity index (χ3n) is 3.76. The average molecular weight is 330 g/mol. The summed E-state index contributed by atoms with van der Waals surface area (Å²) in [5.74, 6) is -2.15. The molecule has 1 aliphatic heterocycles. The summed E-state index contributed by atoms with van der Waals surface area (Å²) in [5.41, 5.74) is 1.87. The predicted octanol–water partition coefficient (Wildman–Crippen LogP) is 2.32.